The highest BCUT2D eigenvalue weighted by molar-refractivity contribution is 6.32. The fraction of sp³-hybridized carbons (Fsp3) is 0.533. The minimum absolute atomic E-state index is 0. The Morgan fingerprint density at radius 1 is 0.878 bits per heavy atom. The van der Waals surface area contributed by atoms with Crippen molar-refractivity contribution in [3.8, 4) is 11.5 Å². The minimum atomic E-state index is -0.387. The van der Waals surface area contributed by atoms with Crippen LogP contribution in [0.1, 0.15) is 44.1 Å². The van der Waals surface area contributed by atoms with Crippen molar-refractivity contribution in [2.75, 3.05) is 66.6 Å². The SMILES string of the molecule is C.CC(C)(C)OC(=O)N1CCNCC1.COc1cc(C=O)ccc1Cl.COc1cc(CN2CCNCC2)ccc1Cl. The van der Waals surface area contributed by atoms with Gasteiger partial charge in [0.1, 0.15) is 23.4 Å². The number of rotatable bonds is 5. The smallest absolute Gasteiger partial charge is 0.410 e. The first-order valence-electron chi connectivity index (χ1n) is 13.3. The van der Waals surface area contributed by atoms with Gasteiger partial charge in [-0.3, -0.25) is 9.69 Å². The lowest BCUT2D eigenvalue weighted by Crippen LogP contribution is -2.48. The zero-order valence-corrected chi connectivity index (χ0v) is 25.6. The molecule has 230 valence electrons. The molecule has 0 bridgehead atoms. The van der Waals surface area contributed by atoms with Crippen LogP contribution >= 0.6 is 23.2 Å². The first kappa shape index (κ1) is 36.5. The van der Waals surface area contributed by atoms with Crippen molar-refractivity contribution in [3.05, 3.63) is 57.6 Å². The van der Waals surface area contributed by atoms with E-state index in [2.05, 4.69) is 21.6 Å². The summed E-state index contributed by atoms with van der Waals surface area (Å²) in [6.07, 6.45) is 0.549. The van der Waals surface area contributed by atoms with Crippen LogP contribution in [0.15, 0.2) is 36.4 Å². The van der Waals surface area contributed by atoms with Crippen LogP contribution in [0.3, 0.4) is 0 Å². The van der Waals surface area contributed by atoms with Gasteiger partial charge in [0, 0.05) is 64.5 Å². The number of halogens is 2. The quantitative estimate of drug-likeness (QED) is 0.435. The zero-order chi connectivity index (χ0) is 29.5. The van der Waals surface area contributed by atoms with Crippen LogP contribution in [0.25, 0.3) is 0 Å². The highest BCUT2D eigenvalue weighted by Crippen LogP contribution is 2.26. The maximum Gasteiger partial charge on any atom is 0.410 e. The summed E-state index contributed by atoms with van der Waals surface area (Å²) in [6.45, 7) is 14.2. The fourth-order valence-electron chi connectivity index (χ4n) is 3.85. The van der Waals surface area contributed by atoms with Gasteiger partial charge in [0.25, 0.3) is 0 Å². The maximum atomic E-state index is 11.5. The van der Waals surface area contributed by atoms with Crippen LogP contribution < -0.4 is 20.1 Å². The van der Waals surface area contributed by atoms with Crippen molar-refractivity contribution >= 4 is 35.6 Å². The van der Waals surface area contributed by atoms with E-state index in [1.807, 2.05) is 32.9 Å². The van der Waals surface area contributed by atoms with Crippen LogP contribution in [0.4, 0.5) is 4.79 Å². The van der Waals surface area contributed by atoms with E-state index in [1.165, 1.54) is 12.7 Å². The van der Waals surface area contributed by atoms with Crippen LogP contribution in [0.5, 0.6) is 11.5 Å². The van der Waals surface area contributed by atoms with Gasteiger partial charge in [0.15, 0.2) is 0 Å². The van der Waals surface area contributed by atoms with Gasteiger partial charge in [-0.2, -0.15) is 0 Å². The first-order valence-corrected chi connectivity index (χ1v) is 14.0. The van der Waals surface area contributed by atoms with Gasteiger partial charge in [0.2, 0.25) is 0 Å². The molecule has 0 saturated carbocycles. The molecule has 0 aliphatic carbocycles. The van der Waals surface area contributed by atoms with E-state index in [4.69, 9.17) is 37.4 Å². The normalized spacial score (nSPS) is 15.1. The van der Waals surface area contributed by atoms with Gasteiger partial charge in [-0.1, -0.05) is 36.7 Å². The van der Waals surface area contributed by atoms with E-state index in [0.717, 1.165) is 70.9 Å². The fourth-order valence-corrected chi connectivity index (χ4v) is 4.24. The van der Waals surface area contributed by atoms with Crippen LogP contribution in [0.2, 0.25) is 10.0 Å². The minimum Gasteiger partial charge on any atom is -0.495 e. The van der Waals surface area contributed by atoms with E-state index < -0.39 is 0 Å². The number of hydrogen-bond donors (Lipinski definition) is 2. The summed E-state index contributed by atoms with van der Waals surface area (Å²) >= 11 is 11.7. The molecule has 2 saturated heterocycles. The van der Waals surface area contributed by atoms with Gasteiger partial charge in [-0.25, -0.2) is 4.79 Å². The van der Waals surface area contributed by atoms with E-state index in [9.17, 15) is 9.59 Å². The Kier molecular flexibility index (Phi) is 16.7. The number of amides is 1. The Labute approximate surface area is 255 Å². The Morgan fingerprint density at radius 3 is 1.90 bits per heavy atom. The van der Waals surface area contributed by atoms with Crippen molar-refractivity contribution in [2.24, 2.45) is 0 Å². The summed E-state index contributed by atoms with van der Waals surface area (Å²) in [7, 11) is 3.16. The molecule has 0 spiro atoms. The van der Waals surface area contributed by atoms with Gasteiger partial charge >= 0.3 is 6.09 Å². The highest BCUT2D eigenvalue weighted by Gasteiger charge is 2.22. The monoisotopic (exact) mass is 612 g/mol. The number of nitrogens with one attached hydrogen (secondary N) is 2. The Balaban J connectivity index is 0.000000310. The average Bonchev–Trinajstić information content (AvgIpc) is 2.95. The van der Waals surface area contributed by atoms with Crippen LogP contribution in [-0.4, -0.2) is 94.4 Å². The standard InChI is InChI=1S/C12H17ClN2O.C9H18N2O2.C8H7ClO2.CH4/c1-16-12-8-10(2-3-11(12)13)9-15-6-4-14-5-7-15;1-9(2,3)13-8(12)11-6-4-10-5-7-11;1-11-8-4-6(5-10)2-3-7(8)9;/h2-3,8,14H,4-7,9H2,1H3;10H,4-7H2,1-3H3;2-5H,1H3;1H4. The summed E-state index contributed by atoms with van der Waals surface area (Å²) in [6, 6.07) is 10.8. The van der Waals surface area contributed by atoms with E-state index in [0.29, 0.717) is 21.4 Å². The molecule has 9 nitrogen and oxygen atoms in total. The second-order valence-electron chi connectivity index (χ2n) is 10.2. The lowest BCUT2D eigenvalue weighted by atomic mass is 10.2. The third-order valence-corrected chi connectivity index (χ3v) is 6.54. The Hall–Kier alpha value is -2.56. The second-order valence-corrected chi connectivity index (χ2v) is 11.0. The lowest BCUT2D eigenvalue weighted by Gasteiger charge is -2.30. The molecule has 2 aromatic rings. The predicted octanol–water partition coefficient (Wildman–Crippen LogP) is 5.38. The highest BCUT2D eigenvalue weighted by atomic mass is 35.5. The molecule has 2 aliphatic heterocycles. The number of nitrogens with zero attached hydrogens (tertiary/aromatic N) is 2. The number of methoxy groups -OCH3 is 2. The molecule has 2 fully saturated rings. The van der Waals surface area contributed by atoms with Crippen molar-refractivity contribution in [2.45, 2.75) is 40.3 Å². The zero-order valence-electron chi connectivity index (χ0n) is 24.1. The maximum absolute atomic E-state index is 11.5. The molecule has 2 N–H and O–H groups in total. The number of ether oxygens (including phenoxy) is 3. The summed E-state index contributed by atoms with van der Waals surface area (Å²) in [5, 5.41) is 7.71. The molecule has 1 amide bonds. The summed E-state index contributed by atoms with van der Waals surface area (Å²) in [5.74, 6) is 1.28. The average molecular weight is 614 g/mol. The van der Waals surface area contributed by atoms with E-state index >= 15 is 0 Å². The van der Waals surface area contributed by atoms with Crippen LogP contribution in [0, 0.1) is 0 Å². The molecule has 2 aliphatic rings. The van der Waals surface area contributed by atoms with Gasteiger partial charge < -0.3 is 29.7 Å². The topological polar surface area (TPSA) is 92.4 Å². The number of benzene rings is 2. The van der Waals surface area contributed by atoms with Gasteiger partial charge in [-0.15, -0.1) is 0 Å². The molecule has 0 atom stereocenters. The van der Waals surface area contributed by atoms with E-state index in [1.54, 1.807) is 30.2 Å². The third-order valence-electron chi connectivity index (χ3n) is 5.91. The molecular formula is C30H46Cl2N4O5. The van der Waals surface area contributed by atoms with Crippen molar-refractivity contribution in [3.63, 3.8) is 0 Å². The van der Waals surface area contributed by atoms with E-state index in [-0.39, 0.29) is 19.1 Å². The van der Waals surface area contributed by atoms with Gasteiger partial charge in [0.05, 0.1) is 24.3 Å². The molecule has 0 radical (unpaired) electrons. The first-order chi connectivity index (χ1) is 19.1. The predicted molar refractivity (Wildman–Crippen MR) is 167 cm³/mol. The third kappa shape index (κ3) is 13.8. The molecule has 0 unspecified atom stereocenters. The number of carbonyl (C=O) groups is 2. The molecule has 11 heteroatoms. The number of aldehydes is 1. The second kappa shape index (κ2) is 18.8. The Morgan fingerprint density at radius 2 is 1.39 bits per heavy atom. The molecular weight excluding hydrogens is 567 g/mol. The lowest BCUT2D eigenvalue weighted by molar-refractivity contribution is 0.0229. The molecule has 4 rings (SSSR count). The number of piperazine rings is 2. The summed E-state index contributed by atoms with van der Waals surface area (Å²) < 4.78 is 15.3. The van der Waals surface area contributed by atoms with Crippen molar-refractivity contribution in [1.29, 1.82) is 0 Å². The molecule has 2 heterocycles. The Bertz CT molecular complexity index is 1070. The largest absolute Gasteiger partial charge is 0.495 e. The molecule has 0 aromatic heterocycles. The van der Waals surface area contributed by atoms with Crippen molar-refractivity contribution < 1.29 is 23.8 Å². The van der Waals surface area contributed by atoms with Crippen molar-refractivity contribution in [1.82, 2.24) is 20.4 Å². The van der Waals surface area contributed by atoms with Gasteiger partial charge in [-0.05, 0) is 56.7 Å². The summed E-state index contributed by atoms with van der Waals surface area (Å²) in [5.41, 5.74) is 1.43. The number of hydrogen-bond acceptors (Lipinski definition) is 8. The van der Waals surface area contributed by atoms with Crippen LogP contribution in [-0.2, 0) is 11.3 Å². The number of carbonyl (C=O) groups excluding carboxylic acids is 2. The molecule has 41 heavy (non-hydrogen) atoms. The molecule has 2 aromatic carbocycles. The summed E-state index contributed by atoms with van der Waals surface area (Å²) in [4.78, 5) is 25.9.